The Morgan fingerprint density at radius 2 is 1.79 bits per heavy atom. The van der Waals surface area contributed by atoms with Crippen molar-refractivity contribution < 1.29 is 0 Å². The lowest BCUT2D eigenvalue weighted by atomic mass is 9.82. The predicted octanol–water partition coefficient (Wildman–Crippen LogP) is 4.52. The number of hydrogen-bond acceptors (Lipinski definition) is 1. The molecule has 1 aliphatic carbocycles. The summed E-state index contributed by atoms with van der Waals surface area (Å²) in [7, 11) is 2.09. The van der Waals surface area contributed by atoms with Crippen LogP contribution in [-0.4, -0.2) is 13.6 Å². The third kappa shape index (κ3) is 4.07. The van der Waals surface area contributed by atoms with Gasteiger partial charge in [0, 0.05) is 0 Å². The van der Waals surface area contributed by atoms with Gasteiger partial charge in [0.15, 0.2) is 0 Å². The van der Waals surface area contributed by atoms with E-state index in [1.54, 1.807) is 5.56 Å². The average Bonchev–Trinajstić information content (AvgIpc) is 2.66. The second-order valence-electron chi connectivity index (χ2n) is 6.05. The predicted molar refractivity (Wildman–Crippen MR) is 83.7 cm³/mol. The molecule has 0 saturated heterocycles. The first-order valence-corrected chi connectivity index (χ1v) is 8.08. The van der Waals surface area contributed by atoms with Crippen molar-refractivity contribution in [2.75, 3.05) is 13.6 Å². The van der Waals surface area contributed by atoms with Crippen LogP contribution < -0.4 is 5.32 Å². The lowest BCUT2D eigenvalue weighted by molar-refractivity contribution is 0.386. The van der Waals surface area contributed by atoms with Crippen LogP contribution in [0.15, 0.2) is 24.3 Å². The maximum Gasteiger partial charge on any atom is -0.00177 e. The van der Waals surface area contributed by atoms with Gasteiger partial charge in [-0.05, 0) is 55.8 Å². The van der Waals surface area contributed by atoms with E-state index in [1.807, 2.05) is 0 Å². The summed E-state index contributed by atoms with van der Waals surface area (Å²) in [5.74, 6) is 1.59. The highest BCUT2D eigenvalue weighted by Gasteiger charge is 2.24. The standard InChI is InChI=1S/C18H29N/c1-3-7-15-10-12-16(13-11-15)18-9-6-4-5-8-17(18)14-19-2/h10-13,17-19H,3-9,14H2,1-2H3. The minimum atomic E-state index is 0.769. The summed E-state index contributed by atoms with van der Waals surface area (Å²) in [4.78, 5) is 0. The number of benzene rings is 1. The monoisotopic (exact) mass is 259 g/mol. The molecule has 1 heteroatoms. The molecule has 1 fully saturated rings. The van der Waals surface area contributed by atoms with Crippen LogP contribution in [0, 0.1) is 5.92 Å². The molecule has 1 aromatic carbocycles. The van der Waals surface area contributed by atoms with E-state index in [-0.39, 0.29) is 0 Å². The lowest BCUT2D eigenvalue weighted by Crippen LogP contribution is -2.24. The van der Waals surface area contributed by atoms with Crippen molar-refractivity contribution >= 4 is 0 Å². The zero-order valence-corrected chi connectivity index (χ0v) is 12.6. The lowest BCUT2D eigenvalue weighted by Gasteiger charge is -2.25. The normalized spacial score (nSPS) is 24.1. The smallest absolute Gasteiger partial charge is 0.00177 e. The SMILES string of the molecule is CCCc1ccc(C2CCCCCC2CNC)cc1. The summed E-state index contributed by atoms with van der Waals surface area (Å²) in [5.41, 5.74) is 3.06. The largest absolute Gasteiger partial charge is 0.319 e. The molecular weight excluding hydrogens is 230 g/mol. The minimum absolute atomic E-state index is 0.769. The minimum Gasteiger partial charge on any atom is -0.319 e. The summed E-state index contributed by atoms with van der Waals surface area (Å²) in [6.07, 6.45) is 9.46. The molecule has 2 rings (SSSR count). The molecule has 0 spiro atoms. The molecule has 1 aliphatic rings. The van der Waals surface area contributed by atoms with Crippen LogP contribution in [0.2, 0.25) is 0 Å². The molecule has 1 nitrogen and oxygen atoms in total. The van der Waals surface area contributed by atoms with Gasteiger partial charge < -0.3 is 5.32 Å². The summed E-state index contributed by atoms with van der Waals surface area (Å²) >= 11 is 0. The molecule has 1 N–H and O–H groups in total. The van der Waals surface area contributed by atoms with Crippen molar-refractivity contribution in [3.05, 3.63) is 35.4 Å². The van der Waals surface area contributed by atoms with Gasteiger partial charge in [-0.3, -0.25) is 0 Å². The van der Waals surface area contributed by atoms with Crippen molar-refractivity contribution in [2.45, 2.75) is 57.8 Å². The van der Waals surface area contributed by atoms with Crippen LogP contribution in [0.1, 0.15) is 62.5 Å². The highest BCUT2D eigenvalue weighted by Crippen LogP contribution is 2.36. The fourth-order valence-electron chi connectivity index (χ4n) is 3.55. The van der Waals surface area contributed by atoms with Gasteiger partial charge in [-0.1, -0.05) is 56.9 Å². The molecule has 0 amide bonds. The Hall–Kier alpha value is -0.820. The average molecular weight is 259 g/mol. The molecule has 0 aromatic heterocycles. The van der Waals surface area contributed by atoms with Crippen LogP contribution in [0.3, 0.4) is 0 Å². The van der Waals surface area contributed by atoms with Crippen molar-refractivity contribution in [3.63, 3.8) is 0 Å². The van der Waals surface area contributed by atoms with Crippen LogP contribution in [0.25, 0.3) is 0 Å². The van der Waals surface area contributed by atoms with Gasteiger partial charge in [0.1, 0.15) is 0 Å². The molecule has 106 valence electrons. The van der Waals surface area contributed by atoms with E-state index in [4.69, 9.17) is 0 Å². The summed E-state index contributed by atoms with van der Waals surface area (Å²) in [6.45, 7) is 3.42. The van der Waals surface area contributed by atoms with E-state index in [9.17, 15) is 0 Å². The number of nitrogens with one attached hydrogen (secondary N) is 1. The van der Waals surface area contributed by atoms with E-state index >= 15 is 0 Å². The zero-order chi connectivity index (χ0) is 13.5. The summed E-state index contributed by atoms with van der Waals surface area (Å²) in [6, 6.07) is 9.48. The van der Waals surface area contributed by atoms with Crippen molar-refractivity contribution in [1.82, 2.24) is 5.32 Å². The van der Waals surface area contributed by atoms with E-state index in [1.165, 1.54) is 57.1 Å². The van der Waals surface area contributed by atoms with E-state index in [0.717, 1.165) is 11.8 Å². The Bertz CT molecular complexity index is 354. The fourth-order valence-corrected chi connectivity index (χ4v) is 3.55. The Balaban J connectivity index is 2.11. The molecule has 1 saturated carbocycles. The first-order chi connectivity index (χ1) is 9.35. The number of aryl methyl sites for hydroxylation is 1. The van der Waals surface area contributed by atoms with E-state index in [0.29, 0.717) is 0 Å². The topological polar surface area (TPSA) is 12.0 Å². The van der Waals surface area contributed by atoms with Gasteiger partial charge in [0.2, 0.25) is 0 Å². The van der Waals surface area contributed by atoms with Crippen LogP contribution in [0.5, 0.6) is 0 Å². The Morgan fingerprint density at radius 3 is 2.47 bits per heavy atom. The second-order valence-corrected chi connectivity index (χ2v) is 6.05. The molecule has 0 aliphatic heterocycles. The molecule has 0 heterocycles. The van der Waals surface area contributed by atoms with E-state index < -0.39 is 0 Å². The van der Waals surface area contributed by atoms with Gasteiger partial charge in [0.05, 0.1) is 0 Å². The van der Waals surface area contributed by atoms with Gasteiger partial charge in [-0.25, -0.2) is 0 Å². The summed E-state index contributed by atoms with van der Waals surface area (Å²) < 4.78 is 0. The van der Waals surface area contributed by atoms with Gasteiger partial charge in [0.25, 0.3) is 0 Å². The van der Waals surface area contributed by atoms with Crippen LogP contribution >= 0.6 is 0 Å². The second kappa shape index (κ2) is 7.69. The number of hydrogen-bond donors (Lipinski definition) is 1. The number of rotatable bonds is 5. The molecule has 0 radical (unpaired) electrons. The molecular formula is C18H29N. The Labute approximate surface area is 118 Å². The maximum absolute atomic E-state index is 3.40. The van der Waals surface area contributed by atoms with Crippen molar-refractivity contribution in [2.24, 2.45) is 5.92 Å². The molecule has 1 aromatic rings. The zero-order valence-electron chi connectivity index (χ0n) is 12.6. The van der Waals surface area contributed by atoms with Crippen molar-refractivity contribution in [1.29, 1.82) is 0 Å². The third-order valence-corrected chi connectivity index (χ3v) is 4.57. The Kier molecular flexibility index (Phi) is 5.91. The van der Waals surface area contributed by atoms with Crippen molar-refractivity contribution in [3.8, 4) is 0 Å². The highest BCUT2D eigenvalue weighted by molar-refractivity contribution is 5.26. The molecule has 19 heavy (non-hydrogen) atoms. The maximum atomic E-state index is 3.40. The first-order valence-electron chi connectivity index (χ1n) is 8.08. The fraction of sp³-hybridized carbons (Fsp3) is 0.667. The third-order valence-electron chi connectivity index (χ3n) is 4.57. The molecule has 2 atom stereocenters. The van der Waals surface area contributed by atoms with Crippen LogP contribution in [0.4, 0.5) is 0 Å². The summed E-state index contributed by atoms with van der Waals surface area (Å²) in [5, 5.41) is 3.40. The highest BCUT2D eigenvalue weighted by atomic mass is 14.8. The molecule has 0 bridgehead atoms. The molecule has 2 unspecified atom stereocenters. The van der Waals surface area contributed by atoms with Crippen LogP contribution in [-0.2, 0) is 6.42 Å². The van der Waals surface area contributed by atoms with Gasteiger partial charge >= 0.3 is 0 Å². The van der Waals surface area contributed by atoms with Gasteiger partial charge in [-0.2, -0.15) is 0 Å². The van der Waals surface area contributed by atoms with Gasteiger partial charge in [-0.15, -0.1) is 0 Å². The quantitative estimate of drug-likeness (QED) is 0.766. The first kappa shape index (κ1) is 14.6. The van der Waals surface area contributed by atoms with E-state index in [2.05, 4.69) is 43.6 Å². The Morgan fingerprint density at radius 1 is 1.05 bits per heavy atom.